The molecule has 150 valence electrons. The predicted octanol–water partition coefficient (Wildman–Crippen LogP) is 3.84. The fourth-order valence-electron chi connectivity index (χ4n) is 3.79. The van der Waals surface area contributed by atoms with E-state index in [4.69, 9.17) is 10.8 Å². The number of nitrogen functional groups attached to an aromatic ring is 1. The van der Waals surface area contributed by atoms with E-state index in [0.29, 0.717) is 18.2 Å². The van der Waals surface area contributed by atoms with E-state index in [1.54, 1.807) is 0 Å². The largest absolute Gasteiger partial charge is 0.375 e. The summed E-state index contributed by atoms with van der Waals surface area (Å²) in [5, 5.41) is 5.35. The summed E-state index contributed by atoms with van der Waals surface area (Å²) in [4.78, 5) is 20.4. The highest BCUT2D eigenvalue weighted by Crippen LogP contribution is 2.28. The van der Waals surface area contributed by atoms with Crippen LogP contribution in [0.5, 0.6) is 0 Å². The monoisotopic (exact) mass is 415 g/mol. The molecular formula is C23H21N5OS. The average molecular weight is 416 g/mol. The van der Waals surface area contributed by atoms with Gasteiger partial charge in [-0.1, -0.05) is 60.7 Å². The Balaban J connectivity index is 1.44. The van der Waals surface area contributed by atoms with Crippen molar-refractivity contribution in [3.63, 3.8) is 0 Å². The lowest BCUT2D eigenvalue weighted by atomic mass is 10.1. The SMILES string of the molecule is Nc1nc2c(s1)CN(C(=O)Cn1nc(-c3ccccc3)cc1-c1ccccc1)CC2. The van der Waals surface area contributed by atoms with Crippen LogP contribution in [-0.4, -0.2) is 32.1 Å². The van der Waals surface area contributed by atoms with Crippen LogP contribution in [0.3, 0.4) is 0 Å². The van der Waals surface area contributed by atoms with Gasteiger partial charge >= 0.3 is 0 Å². The van der Waals surface area contributed by atoms with Crippen LogP contribution in [0.25, 0.3) is 22.5 Å². The first-order valence-electron chi connectivity index (χ1n) is 9.88. The van der Waals surface area contributed by atoms with Crippen LogP contribution < -0.4 is 5.73 Å². The standard InChI is InChI=1S/C23H21N5OS/c24-23-25-18-11-12-27(14-21(18)30-23)22(29)15-28-20(17-9-5-2-6-10-17)13-19(26-28)16-7-3-1-4-8-16/h1-10,13H,11-12,14-15H2,(H2,24,25). The molecule has 3 heterocycles. The maximum atomic E-state index is 13.1. The molecule has 7 heteroatoms. The van der Waals surface area contributed by atoms with Gasteiger partial charge in [0.15, 0.2) is 5.13 Å². The lowest BCUT2D eigenvalue weighted by Crippen LogP contribution is -2.37. The van der Waals surface area contributed by atoms with E-state index in [1.165, 1.54) is 11.3 Å². The van der Waals surface area contributed by atoms with Gasteiger partial charge in [-0.05, 0) is 11.6 Å². The Morgan fingerprint density at radius 2 is 1.73 bits per heavy atom. The second-order valence-electron chi connectivity index (χ2n) is 7.29. The molecule has 2 aromatic carbocycles. The van der Waals surface area contributed by atoms with Gasteiger partial charge in [0.25, 0.3) is 0 Å². The van der Waals surface area contributed by atoms with Crippen molar-refractivity contribution in [3.8, 4) is 22.5 Å². The summed E-state index contributed by atoms with van der Waals surface area (Å²) >= 11 is 1.47. The van der Waals surface area contributed by atoms with Crippen molar-refractivity contribution in [3.05, 3.63) is 77.3 Å². The number of benzene rings is 2. The number of hydrogen-bond donors (Lipinski definition) is 1. The normalized spacial score (nSPS) is 13.3. The molecule has 1 aliphatic rings. The number of aromatic nitrogens is 3. The van der Waals surface area contributed by atoms with Gasteiger partial charge in [0.05, 0.1) is 23.6 Å². The number of rotatable bonds is 4. The molecule has 0 spiro atoms. The Labute approximate surface area is 178 Å². The van der Waals surface area contributed by atoms with Crippen molar-refractivity contribution in [2.45, 2.75) is 19.5 Å². The molecule has 6 nitrogen and oxygen atoms in total. The maximum absolute atomic E-state index is 13.1. The van der Waals surface area contributed by atoms with Gasteiger partial charge in [-0.2, -0.15) is 5.10 Å². The summed E-state index contributed by atoms with van der Waals surface area (Å²) < 4.78 is 1.82. The van der Waals surface area contributed by atoms with Crippen LogP contribution in [0, 0.1) is 0 Å². The van der Waals surface area contributed by atoms with Gasteiger partial charge in [0.1, 0.15) is 6.54 Å². The first kappa shape index (κ1) is 18.6. The van der Waals surface area contributed by atoms with Crippen molar-refractivity contribution in [2.24, 2.45) is 0 Å². The molecule has 2 aromatic heterocycles. The quantitative estimate of drug-likeness (QED) is 0.549. The summed E-state index contributed by atoms with van der Waals surface area (Å²) in [6.45, 7) is 1.42. The minimum atomic E-state index is 0.0486. The first-order chi connectivity index (χ1) is 14.7. The van der Waals surface area contributed by atoms with Crippen LogP contribution in [0.2, 0.25) is 0 Å². The van der Waals surface area contributed by atoms with E-state index >= 15 is 0 Å². The Kier molecular flexibility index (Phi) is 4.80. The summed E-state index contributed by atoms with van der Waals surface area (Å²) in [6.07, 6.45) is 0.745. The second kappa shape index (κ2) is 7.76. The molecule has 2 N–H and O–H groups in total. The van der Waals surface area contributed by atoms with E-state index < -0.39 is 0 Å². The zero-order valence-electron chi connectivity index (χ0n) is 16.4. The zero-order valence-corrected chi connectivity index (χ0v) is 17.2. The number of nitrogens with two attached hydrogens (primary N) is 1. The Bertz CT molecular complexity index is 1180. The molecule has 0 radical (unpaired) electrons. The van der Waals surface area contributed by atoms with Gasteiger partial charge in [-0.15, -0.1) is 11.3 Å². The molecule has 1 amide bonds. The highest BCUT2D eigenvalue weighted by atomic mass is 32.1. The molecule has 0 fully saturated rings. The van der Waals surface area contributed by atoms with Crippen molar-refractivity contribution in [1.82, 2.24) is 19.7 Å². The molecule has 30 heavy (non-hydrogen) atoms. The lowest BCUT2D eigenvalue weighted by Gasteiger charge is -2.26. The third-order valence-electron chi connectivity index (χ3n) is 5.30. The van der Waals surface area contributed by atoms with Crippen LogP contribution in [0.1, 0.15) is 10.6 Å². The third-order valence-corrected chi connectivity index (χ3v) is 6.22. The summed E-state index contributed by atoms with van der Waals surface area (Å²) in [7, 11) is 0. The lowest BCUT2D eigenvalue weighted by molar-refractivity contribution is -0.132. The van der Waals surface area contributed by atoms with Gasteiger partial charge in [-0.25, -0.2) is 4.98 Å². The number of hydrogen-bond acceptors (Lipinski definition) is 5. The summed E-state index contributed by atoms with van der Waals surface area (Å²) in [5.74, 6) is 0.0486. The Morgan fingerprint density at radius 1 is 1.03 bits per heavy atom. The molecule has 1 aliphatic heterocycles. The van der Waals surface area contributed by atoms with E-state index in [9.17, 15) is 4.79 Å². The van der Waals surface area contributed by atoms with E-state index in [2.05, 4.69) is 11.1 Å². The average Bonchev–Trinajstić information content (AvgIpc) is 3.37. The van der Waals surface area contributed by atoms with Gasteiger partial charge in [0, 0.05) is 23.4 Å². The molecule has 0 saturated carbocycles. The number of thiazole rings is 1. The smallest absolute Gasteiger partial charge is 0.244 e. The van der Waals surface area contributed by atoms with Crippen molar-refractivity contribution < 1.29 is 4.79 Å². The minimum absolute atomic E-state index is 0.0486. The first-order valence-corrected chi connectivity index (χ1v) is 10.7. The highest BCUT2D eigenvalue weighted by Gasteiger charge is 2.25. The van der Waals surface area contributed by atoms with Crippen LogP contribution in [0.4, 0.5) is 5.13 Å². The summed E-state index contributed by atoms with van der Waals surface area (Å²) in [5.41, 5.74) is 10.7. The fourth-order valence-corrected chi connectivity index (χ4v) is 4.68. The van der Waals surface area contributed by atoms with E-state index in [0.717, 1.165) is 39.5 Å². The molecule has 5 rings (SSSR count). The van der Waals surface area contributed by atoms with Crippen molar-refractivity contribution in [1.29, 1.82) is 0 Å². The second-order valence-corrected chi connectivity index (χ2v) is 8.41. The molecule has 4 aromatic rings. The van der Waals surface area contributed by atoms with Crippen molar-refractivity contribution in [2.75, 3.05) is 12.3 Å². The number of carbonyl (C=O) groups excluding carboxylic acids is 1. The predicted molar refractivity (Wildman–Crippen MR) is 119 cm³/mol. The Morgan fingerprint density at radius 3 is 2.47 bits per heavy atom. The maximum Gasteiger partial charge on any atom is 0.244 e. The molecule has 0 unspecified atom stereocenters. The molecular weight excluding hydrogens is 394 g/mol. The Hall–Kier alpha value is -3.45. The van der Waals surface area contributed by atoms with Crippen molar-refractivity contribution >= 4 is 22.4 Å². The minimum Gasteiger partial charge on any atom is -0.375 e. The number of amides is 1. The van der Waals surface area contributed by atoms with Gasteiger partial charge < -0.3 is 10.6 Å². The van der Waals surface area contributed by atoms with E-state index in [-0.39, 0.29) is 12.5 Å². The van der Waals surface area contributed by atoms with Crippen LogP contribution in [0.15, 0.2) is 66.7 Å². The molecule has 0 atom stereocenters. The molecule has 0 aliphatic carbocycles. The van der Waals surface area contributed by atoms with Crippen LogP contribution in [-0.2, 0) is 24.3 Å². The number of nitrogens with zero attached hydrogens (tertiary/aromatic N) is 4. The summed E-state index contributed by atoms with van der Waals surface area (Å²) in [6, 6.07) is 22.2. The molecule has 0 saturated heterocycles. The number of fused-ring (bicyclic) bond motifs is 1. The van der Waals surface area contributed by atoms with Crippen LogP contribution >= 0.6 is 11.3 Å². The third kappa shape index (κ3) is 3.59. The number of anilines is 1. The van der Waals surface area contributed by atoms with Gasteiger partial charge in [0.2, 0.25) is 5.91 Å². The highest BCUT2D eigenvalue weighted by molar-refractivity contribution is 7.15. The topological polar surface area (TPSA) is 77.0 Å². The zero-order chi connectivity index (χ0) is 20.5. The van der Waals surface area contributed by atoms with Gasteiger partial charge in [-0.3, -0.25) is 9.48 Å². The molecule has 0 bridgehead atoms. The number of carbonyl (C=O) groups is 1. The van der Waals surface area contributed by atoms with E-state index in [1.807, 2.05) is 70.2 Å². The fraction of sp³-hybridized carbons (Fsp3) is 0.174.